The molecule has 0 saturated carbocycles. The van der Waals surface area contributed by atoms with Crippen LogP contribution in [0.2, 0.25) is 0 Å². The number of allylic oxidation sites excluding steroid dienone is 2. The van der Waals surface area contributed by atoms with Crippen LogP contribution >= 0.6 is 0 Å². The van der Waals surface area contributed by atoms with Crippen LogP contribution in [0.3, 0.4) is 0 Å². The molecule has 59 heavy (non-hydrogen) atoms. The van der Waals surface area contributed by atoms with Gasteiger partial charge in [0.05, 0.1) is 24.2 Å². The molecule has 4 fully saturated rings. The number of hydrogen-bond donors (Lipinski definition) is 4. The van der Waals surface area contributed by atoms with E-state index >= 15 is 0 Å². The Morgan fingerprint density at radius 2 is 1.19 bits per heavy atom. The monoisotopic (exact) mass is 846 g/mol. The van der Waals surface area contributed by atoms with E-state index in [1.807, 2.05) is 28.9 Å². The smallest absolute Gasteiger partial charge is 0.368 e. The zero-order chi connectivity index (χ0) is 44.0. The van der Waals surface area contributed by atoms with Crippen molar-refractivity contribution in [2.75, 3.05) is 39.3 Å². The highest BCUT2D eigenvalue weighted by molar-refractivity contribution is 7.86. The van der Waals surface area contributed by atoms with Crippen LogP contribution in [0.1, 0.15) is 79.3 Å². The molecule has 2 aromatic rings. The quantitative estimate of drug-likeness (QED) is 0.119. The zero-order valence-electron chi connectivity index (χ0n) is 35.2. The molecule has 1 atom stereocenters. The van der Waals surface area contributed by atoms with E-state index in [0.717, 1.165) is 69.7 Å². The van der Waals surface area contributed by atoms with E-state index in [-0.39, 0.29) is 17.6 Å². The number of urea groups is 2. The van der Waals surface area contributed by atoms with E-state index in [4.69, 9.17) is 13.0 Å². The summed E-state index contributed by atoms with van der Waals surface area (Å²) >= 11 is 0. The maximum absolute atomic E-state index is 13.3. The Kier molecular flexibility index (Phi) is 15.3. The topological polar surface area (TPSA) is 146 Å². The molecule has 1 unspecified atom stereocenters. The van der Waals surface area contributed by atoms with Crippen molar-refractivity contribution in [3.63, 3.8) is 0 Å². The van der Waals surface area contributed by atoms with Gasteiger partial charge in [-0.3, -0.25) is 14.4 Å². The Morgan fingerprint density at radius 3 is 1.59 bits per heavy atom. The van der Waals surface area contributed by atoms with Gasteiger partial charge in [0.1, 0.15) is 0 Å². The van der Waals surface area contributed by atoms with E-state index in [2.05, 4.69) is 99.7 Å². The highest BCUT2D eigenvalue weighted by Gasteiger charge is 2.65. The van der Waals surface area contributed by atoms with Crippen molar-refractivity contribution in [2.45, 2.75) is 109 Å². The lowest BCUT2D eigenvalue weighted by Gasteiger charge is -2.49. The van der Waals surface area contributed by atoms with Crippen molar-refractivity contribution < 1.29 is 40.8 Å². The second-order valence-corrected chi connectivity index (χ2v) is 17.2. The van der Waals surface area contributed by atoms with Crippen molar-refractivity contribution in [2.24, 2.45) is 0 Å². The number of likely N-dealkylation sites (N-methyl/N-ethyl adjacent to an activating group) is 2. The van der Waals surface area contributed by atoms with Crippen molar-refractivity contribution >= 4 is 22.2 Å². The van der Waals surface area contributed by atoms with Gasteiger partial charge < -0.3 is 25.5 Å². The minimum atomic E-state index is -5.84. The SMILES string of the molecule is C=C/C=C1/N(Cc2cc(C)cc(C)c2)C(=O)N(CC)C12CCNCC2.C=CCC1(O)N(Cc2cc(C)cc(C)c2)C(=O)N(CC)C12CCNCC2.O=S(=O)(O)C(F)(F)F. The Hall–Kier alpha value is -4.22. The molecule has 0 radical (unpaired) electrons. The number of amides is 4. The van der Waals surface area contributed by atoms with Gasteiger partial charge in [0.15, 0.2) is 5.72 Å². The normalized spacial score (nSPS) is 22.1. The predicted octanol–water partition coefficient (Wildman–Crippen LogP) is 7.09. The lowest BCUT2D eigenvalue weighted by atomic mass is 9.76. The molecule has 2 aromatic carbocycles. The number of benzene rings is 2. The van der Waals surface area contributed by atoms with Gasteiger partial charge in [-0.25, -0.2) is 9.59 Å². The minimum Gasteiger partial charge on any atom is -0.368 e. The van der Waals surface area contributed by atoms with Gasteiger partial charge in [-0.05, 0) is 111 Å². The number of aliphatic hydroxyl groups is 1. The maximum atomic E-state index is 13.3. The molecule has 4 heterocycles. The molecule has 4 aliphatic rings. The summed E-state index contributed by atoms with van der Waals surface area (Å²) in [6, 6.07) is 12.9. The number of carbonyl (C=O) groups excluding carboxylic acids is 2. The number of nitrogens with zero attached hydrogens (tertiary/aromatic N) is 4. The van der Waals surface area contributed by atoms with E-state index in [9.17, 15) is 27.9 Å². The predicted molar refractivity (Wildman–Crippen MR) is 224 cm³/mol. The van der Waals surface area contributed by atoms with Gasteiger partial charge in [-0.15, -0.1) is 6.58 Å². The van der Waals surface area contributed by atoms with Gasteiger partial charge in [0.2, 0.25) is 0 Å². The number of aryl methyl sites for hydroxylation is 4. The van der Waals surface area contributed by atoms with Crippen molar-refractivity contribution in [1.29, 1.82) is 0 Å². The van der Waals surface area contributed by atoms with Gasteiger partial charge in [0, 0.05) is 25.2 Å². The molecule has 4 amide bonds. The molecule has 4 N–H and O–H groups in total. The molecular formula is C43H61F3N6O6S. The fourth-order valence-electron chi connectivity index (χ4n) is 9.42. The Morgan fingerprint density at radius 1 is 0.746 bits per heavy atom. The van der Waals surface area contributed by atoms with Crippen LogP contribution < -0.4 is 10.6 Å². The summed E-state index contributed by atoms with van der Waals surface area (Å²) in [5.74, 6) is 0. The van der Waals surface area contributed by atoms with E-state index in [1.165, 1.54) is 27.8 Å². The molecule has 4 saturated heterocycles. The second kappa shape index (κ2) is 19.0. The molecule has 16 heteroatoms. The largest absolute Gasteiger partial charge is 0.522 e. The van der Waals surface area contributed by atoms with E-state index in [0.29, 0.717) is 26.1 Å². The lowest BCUT2D eigenvalue weighted by molar-refractivity contribution is -0.142. The zero-order valence-corrected chi connectivity index (χ0v) is 36.0. The average molecular weight is 847 g/mol. The number of piperidine rings is 2. The summed E-state index contributed by atoms with van der Waals surface area (Å²) in [6.07, 6.45) is 9.39. The number of carbonyl (C=O) groups is 2. The van der Waals surface area contributed by atoms with Gasteiger partial charge in [-0.2, -0.15) is 21.6 Å². The Bertz CT molecular complexity index is 1950. The summed E-state index contributed by atoms with van der Waals surface area (Å²) in [6.45, 7) is 26.0. The van der Waals surface area contributed by atoms with Crippen molar-refractivity contribution in [3.05, 3.63) is 107 Å². The first kappa shape index (κ1) is 47.5. The average Bonchev–Trinajstić information content (AvgIpc) is 3.43. The molecule has 12 nitrogen and oxygen atoms in total. The van der Waals surface area contributed by atoms with E-state index < -0.39 is 26.9 Å². The molecule has 0 aliphatic carbocycles. The molecule has 326 valence electrons. The fourth-order valence-corrected chi connectivity index (χ4v) is 9.42. The van der Waals surface area contributed by atoms with Crippen LogP contribution in [0.25, 0.3) is 0 Å². The minimum absolute atomic E-state index is 0.0714. The van der Waals surface area contributed by atoms with Crippen LogP contribution in [-0.4, -0.2) is 111 Å². The number of nitrogens with one attached hydrogen (secondary N) is 2. The van der Waals surface area contributed by atoms with Gasteiger partial charge in [0.25, 0.3) is 0 Å². The molecule has 4 aliphatic heterocycles. The lowest BCUT2D eigenvalue weighted by Crippen LogP contribution is -2.65. The third-order valence-corrected chi connectivity index (χ3v) is 12.2. The van der Waals surface area contributed by atoms with Crippen LogP contribution in [0.5, 0.6) is 0 Å². The Balaban J connectivity index is 0.000000221. The molecule has 0 bridgehead atoms. The van der Waals surface area contributed by atoms with Crippen LogP contribution in [0.4, 0.5) is 22.8 Å². The first-order valence-corrected chi connectivity index (χ1v) is 21.5. The van der Waals surface area contributed by atoms with Gasteiger partial charge in [-0.1, -0.05) is 77.4 Å². The first-order valence-electron chi connectivity index (χ1n) is 20.1. The van der Waals surface area contributed by atoms with Crippen molar-refractivity contribution in [1.82, 2.24) is 30.2 Å². The summed E-state index contributed by atoms with van der Waals surface area (Å²) < 4.78 is 57.5. The summed E-state index contributed by atoms with van der Waals surface area (Å²) in [4.78, 5) is 34.1. The fraction of sp³-hybridized carbons (Fsp3) is 0.535. The van der Waals surface area contributed by atoms with Crippen LogP contribution in [-0.2, 0) is 23.2 Å². The molecule has 0 aromatic heterocycles. The summed E-state index contributed by atoms with van der Waals surface area (Å²) in [5, 5.41) is 18.7. The highest BCUT2D eigenvalue weighted by Crippen LogP contribution is 2.48. The molecule has 6 rings (SSSR count). The number of rotatable bonds is 9. The second-order valence-electron chi connectivity index (χ2n) is 15.8. The molecular weight excluding hydrogens is 786 g/mol. The third kappa shape index (κ3) is 9.88. The summed E-state index contributed by atoms with van der Waals surface area (Å²) in [7, 11) is -5.84. The number of alkyl halides is 3. The van der Waals surface area contributed by atoms with E-state index in [1.54, 1.807) is 11.0 Å². The third-order valence-electron chi connectivity index (χ3n) is 11.7. The standard InChI is InChI=1S/C21H31N3O2.C21H29N3O.CHF3O3S/c1-5-7-21(26)20(8-10-22-11-9-20)23(6-2)19(25)24(21)15-18-13-16(3)12-17(4)14-18;1-5-7-19-21(8-10-22-11-9-21)24(6-2)20(25)23(19)15-18-13-16(3)12-17(4)14-18;2-1(3,4)8(5,6)7/h5,12-14,22,26H,1,6-11,15H2,2-4H3;5,7,12-14,22H,1,6,8-11,15H2,2-4H3;(H,5,6,7)/b;19-7+;. The highest BCUT2D eigenvalue weighted by atomic mass is 32.2. The summed E-state index contributed by atoms with van der Waals surface area (Å²) in [5.41, 5.74) is 0.638. The van der Waals surface area contributed by atoms with Crippen molar-refractivity contribution in [3.8, 4) is 0 Å². The van der Waals surface area contributed by atoms with Crippen LogP contribution in [0, 0.1) is 27.7 Å². The molecule has 2 spiro atoms. The Labute approximate surface area is 347 Å². The number of halogens is 3. The van der Waals surface area contributed by atoms with Gasteiger partial charge >= 0.3 is 27.7 Å². The maximum Gasteiger partial charge on any atom is 0.522 e. The number of hydrogen-bond acceptors (Lipinski definition) is 7. The first-order chi connectivity index (χ1) is 27.6. The van der Waals surface area contributed by atoms with Crippen LogP contribution in [0.15, 0.2) is 73.5 Å².